The normalized spacial score (nSPS) is 10.6. The fourth-order valence-corrected chi connectivity index (χ4v) is 2.62. The summed E-state index contributed by atoms with van der Waals surface area (Å²) in [5, 5.41) is 4.57. The summed E-state index contributed by atoms with van der Waals surface area (Å²) in [5.41, 5.74) is 3.18. The Bertz CT molecular complexity index is 635. The second-order valence-electron chi connectivity index (χ2n) is 4.36. The topological polar surface area (TPSA) is 44.1 Å². The molecule has 0 atom stereocenters. The SMILES string of the molecule is CCc1nn(-c2cccc(Br)c2)c(CC)c1C(=O)OC. The first-order valence-electron chi connectivity index (χ1n) is 6.57. The fourth-order valence-electron chi connectivity index (χ4n) is 2.24. The van der Waals surface area contributed by atoms with E-state index < -0.39 is 0 Å². The number of carbonyl (C=O) groups is 1. The molecule has 20 heavy (non-hydrogen) atoms. The number of aromatic nitrogens is 2. The van der Waals surface area contributed by atoms with Gasteiger partial charge in [-0.2, -0.15) is 5.10 Å². The lowest BCUT2D eigenvalue weighted by atomic mass is 10.1. The standard InChI is InChI=1S/C15H17BrN2O2/c1-4-12-14(15(19)20-3)13(5-2)18(17-12)11-8-6-7-10(16)9-11/h6-9H,4-5H2,1-3H3. The summed E-state index contributed by atoms with van der Waals surface area (Å²) in [5.74, 6) is -0.319. The predicted octanol–water partition coefficient (Wildman–Crippen LogP) is 3.55. The van der Waals surface area contributed by atoms with Gasteiger partial charge in [0.25, 0.3) is 0 Å². The zero-order chi connectivity index (χ0) is 14.7. The number of benzene rings is 1. The Labute approximate surface area is 126 Å². The summed E-state index contributed by atoms with van der Waals surface area (Å²) in [7, 11) is 1.40. The van der Waals surface area contributed by atoms with Gasteiger partial charge in [-0.3, -0.25) is 0 Å². The van der Waals surface area contributed by atoms with Crippen LogP contribution < -0.4 is 0 Å². The second-order valence-corrected chi connectivity index (χ2v) is 5.27. The zero-order valence-electron chi connectivity index (χ0n) is 11.8. The van der Waals surface area contributed by atoms with Crippen molar-refractivity contribution in [2.45, 2.75) is 26.7 Å². The summed E-state index contributed by atoms with van der Waals surface area (Å²) in [6.45, 7) is 4.00. The number of hydrogen-bond acceptors (Lipinski definition) is 3. The molecule has 0 spiro atoms. The molecule has 1 aromatic heterocycles. The highest BCUT2D eigenvalue weighted by molar-refractivity contribution is 9.10. The molecule has 0 fully saturated rings. The molecule has 0 aliphatic heterocycles. The molecule has 0 aliphatic rings. The molecule has 0 saturated heterocycles. The fraction of sp³-hybridized carbons (Fsp3) is 0.333. The molecule has 0 saturated carbocycles. The first-order valence-corrected chi connectivity index (χ1v) is 7.36. The molecular formula is C15H17BrN2O2. The molecule has 0 unspecified atom stereocenters. The van der Waals surface area contributed by atoms with Crippen LogP contribution in [0, 0.1) is 0 Å². The summed E-state index contributed by atoms with van der Waals surface area (Å²) < 4.78 is 7.70. The van der Waals surface area contributed by atoms with Gasteiger partial charge in [-0.25, -0.2) is 9.48 Å². The van der Waals surface area contributed by atoms with Crippen LogP contribution in [0.2, 0.25) is 0 Å². The molecule has 2 rings (SSSR count). The number of ether oxygens (including phenoxy) is 1. The Kier molecular flexibility index (Phi) is 4.60. The third-order valence-electron chi connectivity index (χ3n) is 3.17. The highest BCUT2D eigenvalue weighted by Crippen LogP contribution is 2.23. The van der Waals surface area contributed by atoms with E-state index in [2.05, 4.69) is 21.0 Å². The van der Waals surface area contributed by atoms with Crippen LogP contribution in [0.5, 0.6) is 0 Å². The smallest absolute Gasteiger partial charge is 0.341 e. The van der Waals surface area contributed by atoms with Gasteiger partial charge in [0.15, 0.2) is 0 Å². The molecule has 2 aromatic rings. The molecule has 0 bridgehead atoms. The van der Waals surface area contributed by atoms with Crippen molar-refractivity contribution in [1.82, 2.24) is 9.78 Å². The van der Waals surface area contributed by atoms with Crippen molar-refractivity contribution in [2.24, 2.45) is 0 Å². The van der Waals surface area contributed by atoms with Crippen LogP contribution in [0.15, 0.2) is 28.7 Å². The van der Waals surface area contributed by atoms with Crippen molar-refractivity contribution in [2.75, 3.05) is 7.11 Å². The minimum Gasteiger partial charge on any atom is -0.465 e. The number of nitrogens with zero attached hydrogens (tertiary/aromatic N) is 2. The van der Waals surface area contributed by atoms with Crippen molar-refractivity contribution < 1.29 is 9.53 Å². The second kappa shape index (κ2) is 6.22. The van der Waals surface area contributed by atoms with Gasteiger partial charge in [-0.15, -0.1) is 0 Å². The Morgan fingerprint density at radius 1 is 1.35 bits per heavy atom. The Morgan fingerprint density at radius 3 is 2.65 bits per heavy atom. The Balaban J connectivity index is 2.65. The lowest BCUT2D eigenvalue weighted by molar-refractivity contribution is 0.0598. The lowest BCUT2D eigenvalue weighted by Gasteiger charge is -2.07. The first kappa shape index (κ1) is 14.8. The highest BCUT2D eigenvalue weighted by atomic mass is 79.9. The monoisotopic (exact) mass is 336 g/mol. The van der Waals surface area contributed by atoms with Gasteiger partial charge in [0.05, 0.1) is 24.2 Å². The van der Waals surface area contributed by atoms with Crippen LogP contribution in [-0.2, 0) is 17.6 Å². The lowest BCUT2D eigenvalue weighted by Crippen LogP contribution is -2.08. The van der Waals surface area contributed by atoms with Crippen LogP contribution in [0.25, 0.3) is 5.69 Å². The number of hydrogen-bond donors (Lipinski definition) is 0. The van der Waals surface area contributed by atoms with Crippen molar-refractivity contribution in [3.8, 4) is 5.69 Å². The number of halogens is 1. The molecule has 5 heteroatoms. The van der Waals surface area contributed by atoms with E-state index in [0.717, 1.165) is 21.5 Å². The minimum atomic E-state index is -0.319. The first-order chi connectivity index (χ1) is 9.62. The van der Waals surface area contributed by atoms with Gasteiger partial charge in [-0.1, -0.05) is 35.8 Å². The predicted molar refractivity (Wildman–Crippen MR) is 81.4 cm³/mol. The molecule has 0 radical (unpaired) electrons. The average Bonchev–Trinajstić information content (AvgIpc) is 2.85. The van der Waals surface area contributed by atoms with E-state index >= 15 is 0 Å². The van der Waals surface area contributed by atoms with Crippen LogP contribution in [0.4, 0.5) is 0 Å². The number of carbonyl (C=O) groups excluding carboxylic acids is 1. The van der Waals surface area contributed by atoms with Crippen molar-refractivity contribution >= 4 is 21.9 Å². The van der Waals surface area contributed by atoms with E-state index in [1.165, 1.54) is 7.11 Å². The van der Waals surface area contributed by atoms with Gasteiger partial charge in [-0.05, 0) is 31.0 Å². The summed E-state index contributed by atoms with van der Waals surface area (Å²) in [4.78, 5) is 12.0. The summed E-state index contributed by atoms with van der Waals surface area (Å²) in [6, 6.07) is 7.86. The third-order valence-corrected chi connectivity index (χ3v) is 3.66. The maximum Gasteiger partial charge on any atom is 0.341 e. The molecule has 1 heterocycles. The Hall–Kier alpha value is -1.62. The van der Waals surface area contributed by atoms with E-state index in [4.69, 9.17) is 4.74 Å². The number of methoxy groups -OCH3 is 1. The van der Waals surface area contributed by atoms with Crippen LogP contribution >= 0.6 is 15.9 Å². The van der Waals surface area contributed by atoms with Crippen molar-refractivity contribution in [1.29, 1.82) is 0 Å². The van der Waals surface area contributed by atoms with E-state index in [1.807, 2.05) is 42.8 Å². The molecule has 0 amide bonds. The molecule has 0 N–H and O–H groups in total. The Morgan fingerprint density at radius 2 is 2.10 bits per heavy atom. The molecule has 1 aromatic carbocycles. The van der Waals surface area contributed by atoms with E-state index in [0.29, 0.717) is 18.4 Å². The molecular weight excluding hydrogens is 320 g/mol. The summed E-state index contributed by atoms with van der Waals surface area (Å²) >= 11 is 3.46. The maximum absolute atomic E-state index is 12.0. The number of esters is 1. The summed E-state index contributed by atoms with van der Waals surface area (Å²) in [6.07, 6.45) is 1.41. The molecule has 4 nitrogen and oxygen atoms in total. The van der Waals surface area contributed by atoms with Gasteiger partial charge in [0, 0.05) is 4.47 Å². The van der Waals surface area contributed by atoms with Crippen molar-refractivity contribution in [3.05, 3.63) is 45.7 Å². The quantitative estimate of drug-likeness (QED) is 0.802. The van der Waals surface area contributed by atoms with Crippen LogP contribution in [-0.4, -0.2) is 22.9 Å². The zero-order valence-corrected chi connectivity index (χ0v) is 13.4. The minimum absolute atomic E-state index is 0.319. The van der Waals surface area contributed by atoms with E-state index in [9.17, 15) is 4.79 Å². The van der Waals surface area contributed by atoms with Crippen LogP contribution in [0.3, 0.4) is 0 Å². The van der Waals surface area contributed by atoms with Gasteiger partial charge >= 0.3 is 5.97 Å². The average molecular weight is 337 g/mol. The maximum atomic E-state index is 12.0. The van der Waals surface area contributed by atoms with E-state index in [1.54, 1.807) is 0 Å². The third kappa shape index (κ3) is 2.63. The van der Waals surface area contributed by atoms with Crippen LogP contribution in [0.1, 0.15) is 35.6 Å². The molecule has 0 aliphatic carbocycles. The highest BCUT2D eigenvalue weighted by Gasteiger charge is 2.23. The largest absolute Gasteiger partial charge is 0.465 e. The number of aryl methyl sites for hydroxylation is 1. The van der Waals surface area contributed by atoms with Gasteiger partial charge in [0.1, 0.15) is 5.56 Å². The van der Waals surface area contributed by atoms with Gasteiger partial charge < -0.3 is 4.74 Å². The molecule has 106 valence electrons. The van der Waals surface area contributed by atoms with E-state index in [-0.39, 0.29) is 5.97 Å². The van der Waals surface area contributed by atoms with Gasteiger partial charge in [0.2, 0.25) is 0 Å². The number of rotatable bonds is 4. The van der Waals surface area contributed by atoms with Crippen molar-refractivity contribution in [3.63, 3.8) is 0 Å².